The van der Waals surface area contributed by atoms with Crippen LogP contribution in [0.5, 0.6) is 0 Å². The fourth-order valence-electron chi connectivity index (χ4n) is 2.60. The molecule has 11 heteroatoms. The van der Waals surface area contributed by atoms with Crippen LogP contribution in [-0.4, -0.2) is 31.0 Å². The van der Waals surface area contributed by atoms with E-state index in [4.69, 9.17) is 16.0 Å². The van der Waals surface area contributed by atoms with Crippen LogP contribution in [0, 0.1) is 6.92 Å². The highest BCUT2D eigenvalue weighted by molar-refractivity contribution is 7.17. The standard InChI is InChI=1S/C19H15ClN6O3S/c1-10-16(17(27)28)30-19(23-10)26-18-24-13(14-8-21-9-29-14)6-15(25-18)22-7-11-2-4-12(20)5-3-11/h2-6,8-9H,7H2,1H3,(H,27,28)(H2,22,23,24,25,26). The smallest absolute Gasteiger partial charge is 0.347 e. The Hall–Kier alpha value is -3.50. The monoisotopic (exact) mass is 442 g/mol. The Morgan fingerprint density at radius 3 is 2.70 bits per heavy atom. The molecule has 0 aliphatic heterocycles. The van der Waals surface area contributed by atoms with Gasteiger partial charge in [-0.2, -0.15) is 4.98 Å². The Kier molecular flexibility index (Phi) is 5.59. The number of carboxylic acid groups (broad SMARTS) is 1. The van der Waals surface area contributed by atoms with Gasteiger partial charge in [0.15, 0.2) is 17.3 Å². The zero-order valence-corrected chi connectivity index (χ0v) is 17.2. The molecular weight excluding hydrogens is 428 g/mol. The van der Waals surface area contributed by atoms with Gasteiger partial charge in [-0.05, 0) is 24.6 Å². The Morgan fingerprint density at radius 1 is 1.23 bits per heavy atom. The first-order chi connectivity index (χ1) is 14.5. The number of anilines is 3. The summed E-state index contributed by atoms with van der Waals surface area (Å²) in [6.07, 6.45) is 2.86. The number of aryl methyl sites for hydroxylation is 1. The van der Waals surface area contributed by atoms with E-state index < -0.39 is 5.97 Å². The average Bonchev–Trinajstić information content (AvgIpc) is 3.37. The number of aromatic carboxylic acids is 1. The fourth-order valence-corrected chi connectivity index (χ4v) is 3.53. The highest BCUT2D eigenvalue weighted by Crippen LogP contribution is 2.27. The molecule has 0 aliphatic carbocycles. The van der Waals surface area contributed by atoms with Crippen LogP contribution in [0.4, 0.5) is 16.9 Å². The van der Waals surface area contributed by atoms with Gasteiger partial charge in [0.25, 0.3) is 0 Å². The molecule has 0 atom stereocenters. The molecule has 9 nitrogen and oxygen atoms in total. The summed E-state index contributed by atoms with van der Waals surface area (Å²) >= 11 is 6.94. The second kappa shape index (κ2) is 8.47. The summed E-state index contributed by atoms with van der Waals surface area (Å²) < 4.78 is 5.35. The number of thiazole rings is 1. The third-order valence-corrected chi connectivity index (χ3v) is 5.32. The molecule has 4 rings (SSSR count). The number of oxazole rings is 1. The molecular formula is C19H15ClN6O3S. The van der Waals surface area contributed by atoms with Crippen LogP contribution < -0.4 is 10.6 Å². The SMILES string of the molecule is Cc1nc(Nc2nc(NCc3ccc(Cl)cc3)cc(-c3cnco3)n2)sc1C(=O)O. The first kappa shape index (κ1) is 19.8. The number of hydrogen-bond acceptors (Lipinski definition) is 9. The Morgan fingerprint density at radius 2 is 2.03 bits per heavy atom. The van der Waals surface area contributed by atoms with Crippen LogP contribution in [0.2, 0.25) is 5.02 Å². The van der Waals surface area contributed by atoms with Gasteiger partial charge in [0.1, 0.15) is 16.4 Å². The van der Waals surface area contributed by atoms with E-state index in [1.807, 2.05) is 24.3 Å². The summed E-state index contributed by atoms with van der Waals surface area (Å²) in [6, 6.07) is 9.20. The highest BCUT2D eigenvalue weighted by atomic mass is 35.5. The summed E-state index contributed by atoms with van der Waals surface area (Å²) in [7, 11) is 0. The second-order valence-electron chi connectivity index (χ2n) is 6.17. The largest absolute Gasteiger partial charge is 0.477 e. The molecule has 4 aromatic rings. The maximum absolute atomic E-state index is 11.3. The zero-order valence-electron chi connectivity index (χ0n) is 15.6. The lowest BCUT2D eigenvalue weighted by atomic mass is 10.2. The third-order valence-electron chi connectivity index (χ3n) is 4.01. The molecule has 0 bridgehead atoms. The lowest BCUT2D eigenvalue weighted by molar-refractivity contribution is 0.0701. The van der Waals surface area contributed by atoms with Gasteiger partial charge in [0, 0.05) is 17.6 Å². The van der Waals surface area contributed by atoms with Gasteiger partial charge in [-0.15, -0.1) is 0 Å². The Labute approximate surface area is 179 Å². The number of carboxylic acids is 1. The summed E-state index contributed by atoms with van der Waals surface area (Å²) in [5.74, 6) is 0.227. The predicted octanol–water partition coefficient (Wildman–Crippen LogP) is 4.60. The van der Waals surface area contributed by atoms with Gasteiger partial charge in [-0.1, -0.05) is 35.1 Å². The van der Waals surface area contributed by atoms with E-state index in [2.05, 4.69) is 30.6 Å². The van der Waals surface area contributed by atoms with E-state index in [1.165, 1.54) is 6.39 Å². The molecule has 3 heterocycles. The summed E-state index contributed by atoms with van der Waals surface area (Å²) in [5.41, 5.74) is 1.95. The molecule has 1 aromatic carbocycles. The molecule has 0 aliphatic rings. The molecule has 0 saturated heterocycles. The number of hydrogen-bond donors (Lipinski definition) is 3. The van der Waals surface area contributed by atoms with Crippen molar-refractivity contribution in [2.24, 2.45) is 0 Å². The molecule has 3 N–H and O–H groups in total. The van der Waals surface area contributed by atoms with Crippen molar-refractivity contribution in [2.45, 2.75) is 13.5 Å². The second-order valence-corrected chi connectivity index (χ2v) is 7.61. The number of carbonyl (C=O) groups is 1. The lowest BCUT2D eigenvalue weighted by Crippen LogP contribution is -2.05. The molecule has 0 fully saturated rings. The minimum atomic E-state index is -1.03. The van der Waals surface area contributed by atoms with Crippen LogP contribution in [-0.2, 0) is 6.54 Å². The molecule has 152 valence electrons. The zero-order chi connectivity index (χ0) is 21.1. The Bertz CT molecular complexity index is 1180. The van der Waals surface area contributed by atoms with Crippen molar-refractivity contribution >= 4 is 45.8 Å². The van der Waals surface area contributed by atoms with Crippen LogP contribution >= 0.6 is 22.9 Å². The number of aromatic nitrogens is 4. The van der Waals surface area contributed by atoms with E-state index in [0.717, 1.165) is 16.9 Å². The molecule has 0 unspecified atom stereocenters. The molecule has 30 heavy (non-hydrogen) atoms. The van der Waals surface area contributed by atoms with Gasteiger partial charge in [-0.25, -0.2) is 19.7 Å². The topological polar surface area (TPSA) is 126 Å². The number of benzene rings is 1. The summed E-state index contributed by atoms with van der Waals surface area (Å²) in [6.45, 7) is 2.15. The molecule has 0 saturated carbocycles. The fraction of sp³-hybridized carbons (Fsp3) is 0.105. The number of nitrogens with one attached hydrogen (secondary N) is 2. The quantitative estimate of drug-likeness (QED) is 0.376. The summed E-state index contributed by atoms with van der Waals surface area (Å²) in [5, 5.41) is 16.5. The van der Waals surface area contributed by atoms with E-state index in [1.54, 1.807) is 19.2 Å². The van der Waals surface area contributed by atoms with Crippen LogP contribution in [0.15, 0.2) is 47.3 Å². The van der Waals surface area contributed by atoms with E-state index in [-0.39, 0.29) is 10.8 Å². The van der Waals surface area contributed by atoms with Gasteiger partial charge >= 0.3 is 5.97 Å². The third kappa shape index (κ3) is 4.56. The van der Waals surface area contributed by atoms with Crippen LogP contribution in [0.3, 0.4) is 0 Å². The maximum atomic E-state index is 11.3. The van der Waals surface area contributed by atoms with Crippen LogP contribution in [0.1, 0.15) is 20.9 Å². The van der Waals surface area contributed by atoms with E-state index >= 15 is 0 Å². The van der Waals surface area contributed by atoms with Crippen molar-refractivity contribution in [2.75, 3.05) is 10.6 Å². The van der Waals surface area contributed by atoms with Gasteiger partial charge in [0.05, 0.1) is 11.9 Å². The lowest BCUT2D eigenvalue weighted by Gasteiger charge is -2.09. The molecule has 0 radical (unpaired) electrons. The van der Waals surface area contributed by atoms with Crippen molar-refractivity contribution in [3.8, 4) is 11.5 Å². The van der Waals surface area contributed by atoms with Gasteiger partial charge in [0.2, 0.25) is 5.95 Å². The minimum Gasteiger partial charge on any atom is -0.477 e. The van der Waals surface area contributed by atoms with Crippen molar-refractivity contribution in [3.05, 3.63) is 64.1 Å². The molecule has 0 spiro atoms. The minimum absolute atomic E-state index is 0.157. The van der Waals surface area contributed by atoms with Crippen LogP contribution in [0.25, 0.3) is 11.5 Å². The molecule has 0 amide bonds. The van der Waals surface area contributed by atoms with Crippen molar-refractivity contribution in [1.82, 2.24) is 19.9 Å². The normalized spacial score (nSPS) is 10.7. The number of halogens is 1. The average molecular weight is 443 g/mol. The van der Waals surface area contributed by atoms with Gasteiger partial charge in [-0.3, -0.25) is 5.32 Å². The van der Waals surface area contributed by atoms with E-state index in [0.29, 0.717) is 39.7 Å². The highest BCUT2D eigenvalue weighted by Gasteiger charge is 2.16. The predicted molar refractivity (Wildman–Crippen MR) is 113 cm³/mol. The van der Waals surface area contributed by atoms with Gasteiger partial charge < -0.3 is 14.8 Å². The first-order valence-corrected chi connectivity index (χ1v) is 9.91. The number of rotatable bonds is 7. The summed E-state index contributed by atoms with van der Waals surface area (Å²) in [4.78, 5) is 28.5. The van der Waals surface area contributed by atoms with E-state index in [9.17, 15) is 9.90 Å². The number of nitrogens with zero attached hydrogens (tertiary/aromatic N) is 4. The molecule has 3 aromatic heterocycles. The van der Waals surface area contributed by atoms with Crippen molar-refractivity contribution in [3.63, 3.8) is 0 Å². The first-order valence-electron chi connectivity index (χ1n) is 8.72. The maximum Gasteiger partial charge on any atom is 0.347 e. The van der Waals surface area contributed by atoms with Crippen molar-refractivity contribution < 1.29 is 14.3 Å². The Balaban J connectivity index is 1.61. The van der Waals surface area contributed by atoms with Crippen molar-refractivity contribution in [1.29, 1.82) is 0 Å².